The van der Waals surface area contributed by atoms with Crippen molar-refractivity contribution in [2.45, 2.75) is 11.1 Å². The van der Waals surface area contributed by atoms with E-state index in [2.05, 4.69) is 10.3 Å². The van der Waals surface area contributed by atoms with Gasteiger partial charge in [0.05, 0.1) is 30.2 Å². The van der Waals surface area contributed by atoms with E-state index in [1.54, 1.807) is 24.3 Å². The Balaban J connectivity index is 1.72. The SMILES string of the molecule is COc1ccc(S(=O)(=O)NC(=O)c2cc3c(Nc4cccc(OC)c4)ccc(C(F)(F)F)c3[nH]2)cc1. The third-order valence-corrected chi connectivity index (χ3v) is 6.64. The maximum Gasteiger partial charge on any atom is 0.418 e. The lowest BCUT2D eigenvalue weighted by molar-refractivity contribution is -0.136. The number of H-pyrrole nitrogens is 1. The minimum absolute atomic E-state index is 0.0413. The maximum absolute atomic E-state index is 13.7. The molecular weight excluding hydrogens is 499 g/mol. The number of nitrogens with one attached hydrogen (secondary N) is 3. The highest BCUT2D eigenvalue weighted by molar-refractivity contribution is 7.90. The summed E-state index contributed by atoms with van der Waals surface area (Å²) in [7, 11) is -1.41. The van der Waals surface area contributed by atoms with Gasteiger partial charge in [0.1, 0.15) is 17.2 Å². The zero-order chi connectivity index (χ0) is 26.1. The van der Waals surface area contributed by atoms with Crippen LogP contribution in [0.4, 0.5) is 24.5 Å². The fourth-order valence-corrected chi connectivity index (χ4v) is 4.50. The van der Waals surface area contributed by atoms with Gasteiger partial charge in [-0.2, -0.15) is 13.2 Å². The number of aromatic nitrogens is 1. The van der Waals surface area contributed by atoms with E-state index in [4.69, 9.17) is 9.47 Å². The fourth-order valence-electron chi connectivity index (χ4n) is 3.53. The van der Waals surface area contributed by atoms with Crippen molar-refractivity contribution in [3.63, 3.8) is 0 Å². The van der Waals surface area contributed by atoms with E-state index < -0.39 is 27.7 Å². The number of anilines is 2. The van der Waals surface area contributed by atoms with E-state index >= 15 is 0 Å². The molecule has 0 atom stereocenters. The third kappa shape index (κ3) is 5.08. The van der Waals surface area contributed by atoms with Crippen LogP contribution in [0.1, 0.15) is 16.1 Å². The molecule has 3 N–H and O–H groups in total. The topological polar surface area (TPSA) is 110 Å². The Hall–Kier alpha value is -4.19. The average molecular weight is 520 g/mol. The Kier molecular flexibility index (Phi) is 6.55. The number of methoxy groups -OCH3 is 2. The first-order valence-corrected chi connectivity index (χ1v) is 11.9. The lowest BCUT2D eigenvalue weighted by Gasteiger charge is -2.13. The number of hydrogen-bond donors (Lipinski definition) is 3. The summed E-state index contributed by atoms with van der Waals surface area (Å²) in [6, 6.07) is 15.3. The number of ether oxygens (including phenoxy) is 2. The summed E-state index contributed by atoms with van der Waals surface area (Å²) >= 11 is 0. The second-order valence-corrected chi connectivity index (χ2v) is 9.28. The lowest BCUT2D eigenvalue weighted by Crippen LogP contribution is -2.30. The van der Waals surface area contributed by atoms with Gasteiger partial charge in [-0.15, -0.1) is 0 Å². The van der Waals surface area contributed by atoms with Gasteiger partial charge >= 0.3 is 6.18 Å². The van der Waals surface area contributed by atoms with E-state index in [-0.39, 0.29) is 27.2 Å². The summed E-state index contributed by atoms with van der Waals surface area (Å²) in [4.78, 5) is 15.0. The molecule has 36 heavy (non-hydrogen) atoms. The van der Waals surface area contributed by atoms with Crippen LogP contribution in [0.25, 0.3) is 10.9 Å². The molecule has 188 valence electrons. The van der Waals surface area contributed by atoms with Crippen LogP contribution in [0.15, 0.2) is 71.6 Å². The smallest absolute Gasteiger partial charge is 0.418 e. The van der Waals surface area contributed by atoms with E-state index in [1.807, 2.05) is 4.72 Å². The number of rotatable bonds is 7. The van der Waals surface area contributed by atoms with Crippen molar-refractivity contribution in [3.8, 4) is 11.5 Å². The molecule has 0 radical (unpaired) electrons. The molecule has 0 aliphatic heterocycles. The first-order chi connectivity index (χ1) is 17.0. The van der Waals surface area contributed by atoms with Gasteiger partial charge in [0, 0.05) is 22.8 Å². The molecule has 3 aromatic carbocycles. The number of alkyl halides is 3. The summed E-state index contributed by atoms with van der Waals surface area (Å²) in [5, 5.41) is 3.05. The normalized spacial score (nSPS) is 11.8. The molecule has 0 unspecified atom stereocenters. The molecule has 0 bridgehead atoms. The molecule has 1 amide bonds. The molecule has 4 rings (SSSR count). The summed E-state index contributed by atoms with van der Waals surface area (Å²) in [6.07, 6.45) is -4.72. The first kappa shape index (κ1) is 24.9. The Morgan fingerprint density at radius 3 is 2.25 bits per heavy atom. The van der Waals surface area contributed by atoms with Crippen molar-refractivity contribution in [2.24, 2.45) is 0 Å². The highest BCUT2D eigenvalue weighted by Crippen LogP contribution is 2.38. The van der Waals surface area contributed by atoms with Crippen molar-refractivity contribution in [1.29, 1.82) is 0 Å². The monoisotopic (exact) mass is 519 g/mol. The Morgan fingerprint density at radius 2 is 1.61 bits per heavy atom. The molecule has 1 heterocycles. The molecule has 0 spiro atoms. The van der Waals surface area contributed by atoms with Crippen LogP contribution in [0, 0.1) is 0 Å². The van der Waals surface area contributed by atoms with Gasteiger partial charge in [-0.25, -0.2) is 13.1 Å². The number of halogens is 3. The number of carbonyl (C=O) groups is 1. The van der Waals surface area contributed by atoms with Crippen LogP contribution in [0.5, 0.6) is 11.5 Å². The summed E-state index contributed by atoms with van der Waals surface area (Å²) in [6.45, 7) is 0. The molecule has 0 fully saturated rings. The van der Waals surface area contributed by atoms with Gasteiger partial charge in [0.2, 0.25) is 0 Å². The molecule has 0 aliphatic carbocycles. The first-order valence-electron chi connectivity index (χ1n) is 10.4. The Morgan fingerprint density at radius 1 is 0.917 bits per heavy atom. The van der Waals surface area contributed by atoms with Crippen LogP contribution in [0.3, 0.4) is 0 Å². The Bertz CT molecular complexity index is 1530. The number of amides is 1. The Labute approximate surface area is 204 Å². The maximum atomic E-state index is 13.7. The van der Waals surface area contributed by atoms with Crippen LogP contribution < -0.4 is 19.5 Å². The highest BCUT2D eigenvalue weighted by atomic mass is 32.2. The number of hydrogen-bond acceptors (Lipinski definition) is 6. The number of aromatic amines is 1. The van der Waals surface area contributed by atoms with Gasteiger partial charge in [0.25, 0.3) is 15.9 Å². The summed E-state index contributed by atoms with van der Waals surface area (Å²) in [5.41, 5.74) is -0.954. The van der Waals surface area contributed by atoms with E-state index in [0.717, 1.165) is 12.1 Å². The van der Waals surface area contributed by atoms with Crippen LogP contribution in [0.2, 0.25) is 0 Å². The minimum atomic E-state index is -4.72. The van der Waals surface area contributed by atoms with E-state index in [1.165, 1.54) is 44.6 Å². The number of benzene rings is 3. The molecule has 0 saturated carbocycles. The van der Waals surface area contributed by atoms with Gasteiger partial charge in [-0.1, -0.05) is 6.07 Å². The third-order valence-electron chi connectivity index (χ3n) is 5.29. The number of carbonyl (C=O) groups excluding carboxylic acids is 1. The zero-order valence-corrected chi connectivity index (χ0v) is 19.8. The zero-order valence-electron chi connectivity index (χ0n) is 18.9. The second kappa shape index (κ2) is 9.46. The molecule has 4 aromatic rings. The van der Waals surface area contributed by atoms with Crippen LogP contribution >= 0.6 is 0 Å². The molecule has 1 aromatic heterocycles. The van der Waals surface area contributed by atoms with Gasteiger partial charge in [-0.3, -0.25) is 4.79 Å². The van der Waals surface area contributed by atoms with Crippen LogP contribution in [-0.4, -0.2) is 33.5 Å². The summed E-state index contributed by atoms with van der Waals surface area (Å²) < 4.78 is 78.3. The van der Waals surface area contributed by atoms with E-state index in [0.29, 0.717) is 17.2 Å². The molecular formula is C24H20F3N3O5S. The number of fused-ring (bicyclic) bond motifs is 1. The lowest BCUT2D eigenvalue weighted by atomic mass is 10.1. The van der Waals surface area contributed by atoms with Crippen molar-refractivity contribution >= 4 is 38.2 Å². The van der Waals surface area contributed by atoms with Crippen LogP contribution in [-0.2, 0) is 16.2 Å². The predicted octanol–water partition coefficient (Wildman–Crippen LogP) is 5.07. The largest absolute Gasteiger partial charge is 0.497 e. The van der Waals surface area contributed by atoms with Gasteiger partial charge in [-0.05, 0) is 54.6 Å². The minimum Gasteiger partial charge on any atom is -0.497 e. The van der Waals surface area contributed by atoms with Gasteiger partial charge < -0.3 is 19.8 Å². The highest BCUT2D eigenvalue weighted by Gasteiger charge is 2.34. The van der Waals surface area contributed by atoms with Crippen molar-refractivity contribution in [3.05, 3.63) is 78.0 Å². The molecule has 8 nitrogen and oxygen atoms in total. The van der Waals surface area contributed by atoms with Gasteiger partial charge in [0.15, 0.2) is 0 Å². The standard InChI is InChI=1S/C24H20F3N3O5S/c1-34-15-6-8-17(9-7-15)36(32,33)30-23(31)21-13-18-20(28-14-4-3-5-16(12-14)35-2)11-10-19(22(18)29-21)24(25,26)27/h3-13,28-29H,1-2H3,(H,30,31). The van der Waals surface area contributed by atoms with E-state index in [9.17, 15) is 26.4 Å². The molecule has 0 aliphatic rings. The molecule has 0 saturated heterocycles. The molecule has 12 heteroatoms. The quantitative estimate of drug-likeness (QED) is 0.315. The fraction of sp³-hybridized carbons (Fsp3) is 0.125. The second-order valence-electron chi connectivity index (χ2n) is 7.60. The summed E-state index contributed by atoms with van der Waals surface area (Å²) in [5.74, 6) is -0.185. The van der Waals surface area contributed by atoms with Crippen molar-refractivity contribution < 1.29 is 35.9 Å². The van der Waals surface area contributed by atoms with Crippen molar-refractivity contribution in [1.82, 2.24) is 9.71 Å². The predicted molar refractivity (Wildman–Crippen MR) is 127 cm³/mol. The van der Waals surface area contributed by atoms with Crippen molar-refractivity contribution in [2.75, 3.05) is 19.5 Å². The average Bonchev–Trinajstić information content (AvgIpc) is 3.29. The number of sulfonamides is 1.